The Kier molecular flexibility index (Phi) is 4.10. The van der Waals surface area contributed by atoms with E-state index in [1.165, 1.54) is 44.3 Å². The highest BCUT2D eigenvalue weighted by Gasteiger charge is 2.45. The second-order valence-corrected chi connectivity index (χ2v) is 6.33. The smallest absolute Gasteiger partial charge is 0.137 e. The van der Waals surface area contributed by atoms with Crippen LogP contribution in [-0.4, -0.2) is 29.5 Å². The monoisotopic (exact) mass is 251 g/mol. The highest BCUT2D eigenvalue weighted by atomic mass is 16.4. The molecule has 0 amide bonds. The van der Waals surface area contributed by atoms with Gasteiger partial charge in [-0.15, -0.1) is 0 Å². The van der Waals surface area contributed by atoms with Gasteiger partial charge in [0.25, 0.3) is 0 Å². The van der Waals surface area contributed by atoms with E-state index in [9.17, 15) is 5.21 Å². The van der Waals surface area contributed by atoms with Crippen molar-refractivity contribution in [2.24, 2.45) is 11.1 Å². The Morgan fingerprint density at radius 2 is 2.06 bits per heavy atom. The van der Waals surface area contributed by atoms with Crippen molar-refractivity contribution < 1.29 is 10.1 Å². The molecule has 102 valence electrons. The number of oxime groups is 1. The molecule has 1 heterocycles. The fourth-order valence-corrected chi connectivity index (χ4v) is 3.65. The maximum atomic E-state index is 9.40. The molecule has 2 N–H and O–H groups in total. The van der Waals surface area contributed by atoms with Crippen LogP contribution in [0.25, 0.3) is 0 Å². The van der Waals surface area contributed by atoms with Gasteiger partial charge >= 0.3 is 0 Å². The van der Waals surface area contributed by atoms with Gasteiger partial charge in [0.15, 0.2) is 0 Å². The molecule has 18 heavy (non-hydrogen) atoms. The number of likely N-dealkylation sites (tertiary alicyclic amines) is 1. The molecular weight excluding hydrogens is 224 g/mol. The maximum Gasteiger partial charge on any atom is 0.137 e. The van der Waals surface area contributed by atoms with Gasteiger partial charge in [0.05, 0.1) is 13.1 Å². The van der Waals surface area contributed by atoms with Gasteiger partial charge in [-0.3, -0.25) is 0 Å². The number of hydrogen-bond donors (Lipinski definition) is 2. The second-order valence-electron chi connectivity index (χ2n) is 6.33. The number of nitrogens with zero attached hydrogens (tertiary/aromatic N) is 1. The molecule has 3 nitrogen and oxygen atoms in total. The molecule has 0 aromatic carbocycles. The summed E-state index contributed by atoms with van der Waals surface area (Å²) in [6.45, 7) is 10.9. The van der Waals surface area contributed by atoms with Gasteiger partial charge in [-0.1, -0.05) is 17.3 Å². The van der Waals surface area contributed by atoms with Crippen LogP contribution < -0.4 is 4.90 Å². The van der Waals surface area contributed by atoms with Crippen LogP contribution in [0.5, 0.6) is 0 Å². The van der Waals surface area contributed by atoms with Crippen molar-refractivity contribution in [2.45, 2.75) is 57.9 Å². The van der Waals surface area contributed by atoms with Crippen LogP contribution in [0.4, 0.5) is 0 Å². The van der Waals surface area contributed by atoms with Crippen LogP contribution in [0.1, 0.15) is 52.4 Å². The predicted molar refractivity (Wildman–Crippen MR) is 74.3 cm³/mol. The minimum atomic E-state index is 0.0567. The molecule has 0 aromatic heterocycles. The van der Waals surface area contributed by atoms with E-state index in [4.69, 9.17) is 0 Å². The van der Waals surface area contributed by atoms with Crippen LogP contribution in [-0.2, 0) is 0 Å². The molecular formula is C15H27N2O+. The number of nitrogens with one attached hydrogen (secondary N) is 1. The lowest BCUT2D eigenvalue weighted by Crippen LogP contribution is -3.21. The molecule has 0 bridgehead atoms. The first-order chi connectivity index (χ1) is 8.58. The van der Waals surface area contributed by atoms with Gasteiger partial charge in [0, 0.05) is 12.8 Å². The van der Waals surface area contributed by atoms with Crippen LogP contribution in [0.2, 0.25) is 0 Å². The quantitative estimate of drug-likeness (QED) is 0.440. The third-order valence-electron chi connectivity index (χ3n) is 5.12. The number of quaternary nitrogens is 1. The molecule has 2 fully saturated rings. The summed E-state index contributed by atoms with van der Waals surface area (Å²) in [5, 5.41) is 13.1. The standard InChI is InChI=1S/C15H26N2O/c1-12(2)13-7-8-15(3,14(11-13)16-18)17-9-5-4-6-10-17/h13,18H,1,4-11H2,2-3H3/p+1/b16-14-/t13-,15-/m1/s1. The minimum absolute atomic E-state index is 0.0567. The fraction of sp³-hybridized carbons (Fsp3) is 0.800. The van der Waals surface area contributed by atoms with Gasteiger partial charge < -0.3 is 10.1 Å². The molecule has 2 atom stereocenters. The highest BCUT2D eigenvalue weighted by Crippen LogP contribution is 2.32. The average molecular weight is 251 g/mol. The Bertz CT molecular complexity index is 344. The van der Waals surface area contributed by atoms with Gasteiger partial charge in [-0.05, 0) is 45.4 Å². The summed E-state index contributed by atoms with van der Waals surface area (Å²) in [6.07, 6.45) is 7.19. The summed E-state index contributed by atoms with van der Waals surface area (Å²) in [5.74, 6) is 0.508. The molecule has 1 aliphatic heterocycles. The molecule has 0 aromatic rings. The van der Waals surface area contributed by atoms with Crippen molar-refractivity contribution in [1.29, 1.82) is 0 Å². The zero-order valence-electron chi connectivity index (χ0n) is 11.8. The molecule has 0 spiro atoms. The minimum Gasteiger partial charge on any atom is -0.411 e. The first kappa shape index (κ1) is 13.6. The lowest BCUT2D eigenvalue weighted by Gasteiger charge is -2.44. The highest BCUT2D eigenvalue weighted by molar-refractivity contribution is 5.92. The van der Waals surface area contributed by atoms with E-state index < -0.39 is 0 Å². The Hall–Kier alpha value is -0.830. The van der Waals surface area contributed by atoms with E-state index >= 15 is 0 Å². The lowest BCUT2D eigenvalue weighted by molar-refractivity contribution is -0.944. The van der Waals surface area contributed by atoms with Crippen molar-refractivity contribution >= 4 is 5.71 Å². The number of rotatable bonds is 2. The van der Waals surface area contributed by atoms with Crippen LogP contribution >= 0.6 is 0 Å². The third kappa shape index (κ3) is 2.46. The summed E-state index contributed by atoms with van der Waals surface area (Å²) in [7, 11) is 0. The van der Waals surface area contributed by atoms with Gasteiger partial charge in [0.1, 0.15) is 11.3 Å². The summed E-state index contributed by atoms with van der Waals surface area (Å²) in [4.78, 5) is 1.63. The Balaban J connectivity index is 2.14. The first-order valence-electron chi connectivity index (χ1n) is 7.30. The topological polar surface area (TPSA) is 37.0 Å². The molecule has 0 radical (unpaired) electrons. The summed E-state index contributed by atoms with van der Waals surface area (Å²) >= 11 is 0. The lowest BCUT2D eigenvalue weighted by atomic mass is 9.72. The Morgan fingerprint density at radius 1 is 1.39 bits per heavy atom. The van der Waals surface area contributed by atoms with E-state index in [1.54, 1.807) is 4.90 Å². The van der Waals surface area contributed by atoms with Crippen molar-refractivity contribution in [3.05, 3.63) is 12.2 Å². The third-order valence-corrected chi connectivity index (χ3v) is 5.12. The molecule has 0 unspecified atom stereocenters. The Labute approximate surface area is 111 Å². The number of piperidine rings is 1. The van der Waals surface area contributed by atoms with Crippen LogP contribution in [0, 0.1) is 5.92 Å². The summed E-state index contributed by atoms with van der Waals surface area (Å²) in [6, 6.07) is 0. The van der Waals surface area contributed by atoms with E-state index in [0.717, 1.165) is 18.6 Å². The molecule has 1 aliphatic carbocycles. The van der Waals surface area contributed by atoms with Gasteiger partial charge in [-0.25, -0.2) is 0 Å². The number of allylic oxidation sites excluding steroid dienone is 1. The van der Waals surface area contributed by atoms with E-state index in [1.807, 2.05) is 0 Å². The zero-order chi connectivity index (χ0) is 13.2. The van der Waals surface area contributed by atoms with Crippen LogP contribution in [0.15, 0.2) is 17.3 Å². The SMILES string of the molecule is C=C(C)[C@@H]1CC[C@@](C)([NH+]2CCCCC2)/C(=N\O)C1. The van der Waals surface area contributed by atoms with E-state index in [0.29, 0.717) is 5.92 Å². The van der Waals surface area contributed by atoms with Crippen molar-refractivity contribution in [1.82, 2.24) is 0 Å². The second kappa shape index (κ2) is 5.43. The zero-order valence-corrected chi connectivity index (χ0v) is 11.8. The summed E-state index contributed by atoms with van der Waals surface area (Å²) < 4.78 is 0. The predicted octanol–water partition coefficient (Wildman–Crippen LogP) is 2.02. The molecule has 1 saturated heterocycles. The van der Waals surface area contributed by atoms with Crippen molar-refractivity contribution in [3.8, 4) is 0 Å². The maximum absolute atomic E-state index is 9.40. The van der Waals surface area contributed by atoms with Gasteiger partial charge in [-0.2, -0.15) is 0 Å². The van der Waals surface area contributed by atoms with Crippen molar-refractivity contribution in [3.63, 3.8) is 0 Å². The van der Waals surface area contributed by atoms with Crippen molar-refractivity contribution in [2.75, 3.05) is 13.1 Å². The average Bonchev–Trinajstić information content (AvgIpc) is 2.40. The largest absolute Gasteiger partial charge is 0.411 e. The number of hydrogen-bond acceptors (Lipinski definition) is 2. The Morgan fingerprint density at radius 3 is 2.61 bits per heavy atom. The first-order valence-corrected chi connectivity index (χ1v) is 7.30. The van der Waals surface area contributed by atoms with E-state index in [2.05, 4.69) is 25.6 Å². The van der Waals surface area contributed by atoms with E-state index in [-0.39, 0.29) is 5.54 Å². The van der Waals surface area contributed by atoms with Gasteiger partial charge in [0.2, 0.25) is 0 Å². The molecule has 2 rings (SSSR count). The fourth-order valence-electron chi connectivity index (χ4n) is 3.65. The molecule has 2 aliphatic rings. The molecule has 1 saturated carbocycles. The molecule has 3 heteroatoms. The van der Waals surface area contributed by atoms with Crippen LogP contribution in [0.3, 0.4) is 0 Å². The normalized spacial score (nSPS) is 36.8. The summed E-state index contributed by atoms with van der Waals surface area (Å²) in [5.41, 5.74) is 2.28.